The van der Waals surface area contributed by atoms with Gasteiger partial charge in [-0.05, 0) is 45.2 Å². The number of nitrogens with zero attached hydrogens (tertiary/aromatic N) is 1. The molecule has 0 saturated carbocycles. The normalized spacial score (nSPS) is 16.6. The van der Waals surface area contributed by atoms with E-state index in [0.717, 1.165) is 18.4 Å². The predicted octanol–water partition coefficient (Wildman–Crippen LogP) is 1.42. The number of piperidine rings is 1. The molecule has 1 saturated heterocycles. The van der Waals surface area contributed by atoms with E-state index in [2.05, 4.69) is 16.0 Å². The number of hydrogen-bond acceptors (Lipinski definition) is 4. The highest BCUT2D eigenvalue weighted by Gasteiger charge is 2.28. The Kier molecular flexibility index (Phi) is 7.15. The molecule has 142 valence electrons. The van der Waals surface area contributed by atoms with Gasteiger partial charge in [-0.25, -0.2) is 4.79 Å². The van der Waals surface area contributed by atoms with E-state index in [-0.39, 0.29) is 23.9 Å². The topological polar surface area (TPSA) is 90.5 Å². The lowest BCUT2D eigenvalue weighted by molar-refractivity contribution is -0.125. The minimum atomic E-state index is -0.468. The van der Waals surface area contributed by atoms with Crippen molar-refractivity contribution in [2.75, 3.05) is 19.6 Å². The second kappa shape index (κ2) is 9.33. The first-order valence-electron chi connectivity index (χ1n) is 9.11. The Balaban J connectivity index is 1.81. The molecule has 7 heteroatoms. The molecule has 1 atom stereocenters. The first-order valence-corrected chi connectivity index (χ1v) is 9.11. The van der Waals surface area contributed by atoms with Crippen LogP contribution in [0.5, 0.6) is 0 Å². The van der Waals surface area contributed by atoms with Crippen LogP contribution < -0.4 is 16.0 Å². The summed E-state index contributed by atoms with van der Waals surface area (Å²) in [4.78, 5) is 38.0. The summed E-state index contributed by atoms with van der Waals surface area (Å²) >= 11 is 0. The first-order chi connectivity index (χ1) is 12.4. The third-order valence-electron chi connectivity index (χ3n) is 4.76. The number of amides is 4. The molecule has 0 radical (unpaired) electrons. The van der Waals surface area contributed by atoms with Gasteiger partial charge in [0.25, 0.3) is 5.91 Å². The van der Waals surface area contributed by atoms with Gasteiger partial charge in [0.1, 0.15) is 0 Å². The zero-order valence-electron chi connectivity index (χ0n) is 15.7. The molecule has 1 aromatic rings. The molecule has 0 spiro atoms. The third-order valence-corrected chi connectivity index (χ3v) is 4.76. The van der Waals surface area contributed by atoms with Crippen LogP contribution in [0.15, 0.2) is 24.3 Å². The Labute approximate surface area is 154 Å². The fourth-order valence-corrected chi connectivity index (χ4v) is 3.11. The van der Waals surface area contributed by atoms with Gasteiger partial charge in [-0.2, -0.15) is 0 Å². The van der Waals surface area contributed by atoms with Crippen molar-refractivity contribution in [2.24, 2.45) is 0 Å². The number of imide groups is 1. The Morgan fingerprint density at radius 2 is 1.85 bits per heavy atom. The van der Waals surface area contributed by atoms with Crippen molar-refractivity contribution in [3.63, 3.8) is 0 Å². The summed E-state index contributed by atoms with van der Waals surface area (Å²) in [6.07, 6.45) is 1.55. The molecular weight excluding hydrogens is 332 g/mol. The van der Waals surface area contributed by atoms with Crippen molar-refractivity contribution >= 4 is 17.8 Å². The SMILES string of the molecule is CCNC(=O)NC(=O)C(C)N1CCC(NC(=O)c2ccccc2C)CC1. The molecule has 7 nitrogen and oxygen atoms in total. The number of likely N-dealkylation sites (tertiary alicyclic amines) is 1. The van der Waals surface area contributed by atoms with E-state index in [1.54, 1.807) is 13.8 Å². The standard InChI is InChI=1S/C19H28N4O3/c1-4-20-19(26)22-17(24)14(3)23-11-9-15(10-12-23)21-18(25)16-8-6-5-7-13(16)2/h5-8,14-15H,4,9-12H2,1-3H3,(H,21,25)(H2,20,22,24,26). The van der Waals surface area contributed by atoms with Crippen molar-refractivity contribution in [3.8, 4) is 0 Å². The molecule has 1 aromatic carbocycles. The fourth-order valence-electron chi connectivity index (χ4n) is 3.11. The molecule has 0 aromatic heterocycles. The molecule has 2 rings (SSSR count). The molecule has 0 bridgehead atoms. The monoisotopic (exact) mass is 360 g/mol. The van der Waals surface area contributed by atoms with E-state index in [1.807, 2.05) is 36.1 Å². The van der Waals surface area contributed by atoms with Crippen LogP contribution in [0.1, 0.15) is 42.6 Å². The molecule has 1 heterocycles. The molecule has 1 aliphatic rings. The maximum atomic E-state index is 12.4. The predicted molar refractivity (Wildman–Crippen MR) is 99.9 cm³/mol. The Bertz CT molecular complexity index is 654. The highest BCUT2D eigenvalue weighted by atomic mass is 16.2. The molecule has 3 N–H and O–H groups in total. The summed E-state index contributed by atoms with van der Waals surface area (Å²) in [5.41, 5.74) is 1.66. The van der Waals surface area contributed by atoms with Gasteiger partial charge in [0.05, 0.1) is 6.04 Å². The van der Waals surface area contributed by atoms with Crippen LogP contribution in [0.25, 0.3) is 0 Å². The van der Waals surface area contributed by atoms with Gasteiger partial charge in [-0.3, -0.25) is 19.8 Å². The third kappa shape index (κ3) is 5.29. The summed E-state index contributed by atoms with van der Waals surface area (Å²) in [6, 6.07) is 6.77. The molecule has 26 heavy (non-hydrogen) atoms. The summed E-state index contributed by atoms with van der Waals surface area (Å²) in [6.45, 7) is 7.38. The van der Waals surface area contributed by atoms with Crippen LogP contribution >= 0.6 is 0 Å². The summed E-state index contributed by atoms with van der Waals surface area (Å²) in [5.74, 6) is -0.359. The van der Waals surface area contributed by atoms with E-state index >= 15 is 0 Å². The van der Waals surface area contributed by atoms with Crippen molar-refractivity contribution in [2.45, 2.75) is 45.7 Å². The quantitative estimate of drug-likeness (QED) is 0.741. The van der Waals surface area contributed by atoms with Crippen molar-refractivity contribution in [1.82, 2.24) is 20.9 Å². The van der Waals surface area contributed by atoms with Crippen LogP contribution in [-0.2, 0) is 4.79 Å². The Morgan fingerprint density at radius 3 is 2.46 bits per heavy atom. The molecule has 0 aliphatic carbocycles. The number of benzene rings is 1. The number of nitrogens with one attached hydrogen (secondary N) is 3. The summed E-state index contributed by atoms with van der Waals surface area (Å²) < 4.78 is 0. The van der Waals surface area contributed by atoms with E-state index in [9.17, 15) is 14.4 Å². The number of hydrogen-bond donors (Lipinski definition) is 3. The van der Waals surface area contributed by atoms with Gasteiger partial charge in [-0.15, -0.1) is 0 Å². The van der Waals surface area contributed by atoms with Crippen molar-refractivity contribution in [1.29, 1.82) is 0 Å². The average Bonchev–Trinajstić information content (AvgIpc) is 2.62. The summed E-state index contributed by atoms with van der Waals surface area (Å²) in [5, 5.41) is 7.98. The minimum Gasteiger partial charge on any atom is -0.349 e. The summed E-state index contributed by atoms with van der Waals surface area (Å²) in [7, 11) is 0. The zero-order chi connectivity index (χ0) is 19.1. The maximum Gasteiger partial charge on any atom is 0.321 e. The van der Waals surface area contributed by atoms with E-state index in [1.165, 1.54) is 0 Å². The van der Waals surface area contributed by atoms with E-state index < -0.39 is 6.03 Å². The number of aryl methyl sites for hydroxylation is 1. The molecule has 4 amide bonds. The highest BCUT2D eigenvalue weighted by molar-refractivity contribution is 5.97. The van der Waals surface area contributed by atoms with Crippen LogP contribution in [-0.4, -0.2) is 54.5 Å². The van der Waals surface area contributed by atoms with E-state index in [0.29, 0.717) is 25.2 Å². The van der Waals surface area contributed by atoms with Gasteiger partial charge >= 0.3 is 6.03 Å². The lowest BCUT2D eigenvalue weighted by atomic mass is 10.0. The highest BCUT2D eigenvalue weighted by Crippen LogP contribution is 2.15. The van der Waals surface area contributed by atoms with Gasteiger partial charge in [-0.1, -0.05) is 18.2 Å². The number of urea groups is 1. The largest absolute Gasteiger partial charge is 0.349 e. The maximum absolute atomic E-state index is 12.4. The smallest absolute Gasteiger partial charge is 0.321 e. The number of rotatable bonds is 5. The van der Waals surface area contributed by atoms with Crippen molar-refractivity contribution < 1.29 is 14.4 Å². The zero-order valence-corrected chi connectivity index (χ0v) is 15.7. The number of carbonyl (C=O) groups excluding carboxylic acids is 3. The lowest BCUT2D eigenvalue weighted by Gasteiger charge is -2.35. The van der Waals surface area contributed by atoms with Crippen LogP contribution in [0.2, 0.25) is 0 Å². The van der Waals surface area contributed by atoms with Crippen LogP contribution in [0.4, 0.5) is 4.79 Å². The molecule has 1 fully saturated rings. The minimum absolute atomic E-state index is 0.0522. The van der Waals surface area contributed by atoms with E-state index in [4.69, 9.17) is 0 Å². The van der Waals surface area contributed by atoms with Gasteiger partial charge in [0.15, 0.2) is 0 Å². The molecular formula is C19H28N4O3. The Morgan fingerprint density at radius 1 is 1.19 bits per heavy atom. The number of carbonyl (C=O) groups is 3. The van der Waals surface area contributed by atoms with Gasteiger partial charge < -0.3 is 10.6 Å². The van der Waals surface area contributed by atoms with Gasteiger partial charge in [0.2, 0.25) is 5.91 Å². The average molecular weight is 360 g/mol. The fraction of sp³-hybridized carbons (Fsp3) is 0.526. The Hall–Kier alpha value is -2.41. The lowest BCUT2D eigenvalue weighted by Crippen LogP contribution is -2.53. The second-order valence-electron chi connectivity index (χ2n) is 6.62. The first kappa shape index (κ1) is 19.9. The van der Waals surface area contributed by atoms with Crippen LogP contribution in [0.3, 0.4) is 0 Å². The molecule has 1 aliphatic heterocycles. The second-order valence-corrected chi connectivity index (χ2v) is 6.62. The van der Waals surface area contributed by atoms with Crippen molar-refractivity contribution in [3.05, 3.63) is 35.4 Å². The van der Waals surface area contributed by atoms with Gasteiger partial charge in [0, 0.05) is 31.2 Å². The molecule has 1 unspecified atom stereocenters. The van der Waals surface area contributed by atoms with Crippen LogP contribution in [0, 0.1) is 6.92 Å².